The third-order valence-corrected chi connectivity index (χ3v) is 8.74. The molecule has 0 spiro atoms. The predicted molar refractivity (Wildman–Crippen MR) is 180 cm³/mol. The van der Waals surface area contributed by atoms with Crippen molar-refractivity contribution in [2.24, 2.45) is 17.3 Å². The maximum atomic E-state index is 11.7. The third-order valence-electron chi connectivity index (χ3n) is 8.74. The summed E-state index contributed by atoms with van der Waals surface area (Å²) >= 11 is 0. The van der Waals surface area contributed by atoms with E-state index in [0.29, 0.717) is 0 Å². The maximum Gasteiger partial charge on any atom is 0.162 e. The van der Waals surface area contributed by atoms with Crippen molar-refractivity contribution in [3.8, 4) is 11.3 Å². The maximum absolute atomic E-state index is 11.7. The van der Waals surface area contributed by atoms with Crippen molar-refractivity contribution in [3.05, 3.63) is 83.5 Å². The number of aromatic nitrogens is 2. The van der Waals surface area contributed by atoms with E-state index in [4.69, 9.17) is 7.73 Å². The molecule has 2 aromatic heterocycles. The van der Waals surface area contributed by atoms with Gasteiger partial charge < -0.3 is 10.1 Å². The van der Waals surface area contributed by atoms with Gasteiger partial charge in [-0.05, 0) is 82.7 Å². The van der Waals surface area contributed by atoms with E-state index in [1.165, 1.54) is 11.6 Å². The van der Waals surface area contributed by atoms with Gasteiger partial charge in [0, 0.05) is 53.2 Å². The van der Waals surface area contributed by atoms with Crippen molar-refractivity contribution in [2.45, 2.75) is 99.8 Å². The molecule has 1 radical (unpaired) electrons. The molecule has 1 aliphatic rings. The van der Waals surface area contributed by atoms with E-state index in [2.05, 4.69) is 37.0 Å². The van der Waals surface area contributed by atoms with Gasteiger partial charge in [0.15, 0.2) is 5.78 Å². The molecule has 0 atom stereocenters. The average molecular weight is 772 g/mol. The van der Waals surface area contributed by atoms with E-state index in [-0.39, 0.29) is 48.9 Å². The summed E-state index contributed by atoms with van der Waals surface area (Å²) in [6.07, 6.45) is 8.97. The monoisotopic (exact) mass is 772 g/mol. The average Bonchev–Trinajstić information content (AvgIpc) is 3.00. The standard InChI is InChI=1S/C26H25N2.C13H24O2.Ir/c1-25(2,3)14-16-12-17-8-11-28-24-20-7-6-18-15-27-10-9-19(18)23(20)26(4,5)21(13-16)22(17)24;1-5-10(6-2)12(14)9-13(15)11(7-3)8-4;/h6,8-13,15H,14H2,1-5H3;9-11,14H,5-8H2,1-4H3;/q-1;;/b;12-9-;/i14D2;;. The minimum absolute atomic E-state index is 0. The molecule has 2 heterocycles. The van der Waals surface area contributed by atoms with Gasteiger partial charge in [0.1, 0.15) is 0 Å². The number of allylic oxidation sites excluding steroid dienone is 2. The largest absolute Gasteiger partial charge is 0.512 e. The Kier molecular flexibility index (Phi) is 10.7. The Morgan fingerprint density at radius 1 is 1.02 bits per heavy atom. The van der Waals surface area contributed by atoms with Crippen LogP contribution in [0, 0.1) is 23.3 Å². The van der Waals surface area contributed by atoms with Gasteiger partial charge in [0.05, 0.1) is 5.76 Å². The summed E-state index contributed by atoms with van der Waals surface area (Å²) in [7, 11) is 0. The first-order valence-corrected chi connectivity index (χ1v) is 15.8. The van der Waals surface area contributed by atoms with Gasteiger partial charge in [-0.15, -0.1) is 23.3 Å². The molecule has 5 heteroatoms. The van der Waals surface area contributed by atoms with Crippen molar-refractivity contribution >= 4 is 27.3 Å². The number of pyridine rings is 2. The minimum atomic E-state index is -1.47. The number of aliphatic hydroxyl groups excluding tert-OH is 1. The number of nitrogens with zero attached hydrogens (tertiary/aromatic N) is 2. The predicted octanol–water partition coefficient (Wildman–Crippen LogP) is 10.3. The molecule has 5 rings (SSSR count). The van der Waals surface area contributed by atoms with Gasteiger partial charge in [0.2, 0.25) is 0 Å². The van der Waals surface area contributed by atoms with Crippen LogP contribution in [0.4, 0.5) is 0 Å². The molecule has 1 aliphatic carbocycles. The van der Waals surface area contributed by atoms with Gasteiger partial charge in [-0.2, -0.15) is 0 Å². The Morgan fingerprint density at radius 3 is 2.30 bits per heavy atom. The van der Waals surface area contributed by atoms with Crippen LogP contribution in [0.15, 0.2) is 60.8 Å². The van der Waals surface area contributed by atoms with E-state index in [1.807, 2.05) is 85.3 Å². The SMILES string of the molecule is CCC(CC)C(=O)/C=C(\O)C(CC)CC.[2H]C([2H])(c1cc2c3c(nccc3c1)-c1[c-]cc3cnccc3c1C2(C)C)C(C)(C)C.[Ir]. The Morgan fingerprint density at radius 2 is 1.68 bits per heavy atom. The van der Waals surface area contributed by atoms with Crippen molar-refractivity contribution in [2.75, 3.05) is 0 Å². The molecule has 44 heavy (non-hydrogen) atoms. The first-order chi connectivity index (χ1) is 21.1. The Labute approximate surface area is 281 Å². The van der Waals surface area contributed by atoms with E-state index >= 15 is 0 Å². The van der Waals surface area contributed by atoms with E-state index in [0.717, 1.165) is 69.6 Å². The number of hydrogen-bond acceptors (Lipinski definition) is 4. The fourth-order valence-electron chi connectivity index (χ4n) is 6.36. The number of hydrogen-bond donors (Lipinski definition) is 1. The molecule has 237 valence electrons. The van der Waals surface area contributed by atoms with Crippen LogP contribution in [0.25, 0.3) is 32.8 Å². The Hall–Kier alpha value is -2.88. The molecule has 4 aromatic rings. The minimum Gasteiger partial charge on any atom is -0.512 e. The number of benzene rings is 2. The molecule has 0 aliphatic heterocycles. The molecular weight excluding hydrogens is 721 g/mol. The second-order valence-corrected chi connectivity index (χ2v) is 13.3. The van der Waals surface area contributed by atoms with Gasteiger partial charge in [-0.1, -0.05) is 91.3 Å². The van der Waals surface area contributed by atoms with Crippen molar-refractivity contribution < 1.29 is 32.7 Å². The summed E-state index contributed by atoms with van der Waals surface area (Å²) < 4.78 is 17.8. The summed E-state index contributed by atoms with van der Waals surface area (Å²) in [6.45, 7) is 18.4. The van der Waals surface area contributed by atoms with Crippen LogP contribution in [0.2, 0.25) is 0 Å². The molecule has 0 unspecified atom stereocenters. The van der Waals surface area contributed by atoms with Gasteiger partial charge in [-0.3, -0.25) is 9.78 Å². The molecule has 0 bridgehead atoms. The zero-order valence-corrected chi connectivity index (χ0v) is 30.2. The van der Waals surface area contributed by atoms with Crippen LogP contribution in [-0.2, 0) is 36.7 Å². The zero-order chi connectivity index (χ0) is 33.3. The first-order valence-electron chi connectivity index (χ1n) is 16.8. The molecule has 0 saturated heterocycles. The molecule has 0 amide bonds. The Balaban J connectivity index is 0.000000309. The Bertz CT molecular complexity index is 1730. The molecule has 0 saturated carbocycles. The number of rotatable bonds is 8. The number of carbonyl (C=O) groups is 1. The van der Waals surface area contributed by atoms with Crippen molar-refractivity contribution in [1.82, 2.24) is 9.97 Å². The summed E-state index contributed by atoms with van der Waals surface area (Å²) in [5.74, 6) is 0.547. The van der Waals surface area contributed by atoms with Gasteiger partial charge >= 0.3 is 0 Å². The molecule has 2 aromatic carbocycles. The number of aliphatic hydroxyl groups is 1. The van der Waals surface area contributed by atoms with E-state index in [9.17, 15) is 9.90 Å². The van der Waals surface area contributed by atoms with Crippen molar-refractivity contribution in [1.29, 1.82) is 0 Å². The van der Waals surface area contributed by atoms with Crippen molar-refractivity contribution in [3.63, 3.8) is 0 Å². The fraction of sp³-hybridized carbons (Fsp3) is 0.462. The zero-order valence-electron chi connectivity index (χ0n) is 29.8. The number of ketones is 1. The van der Waals surface area contributed by atoms with Gasteiger partial charge in [-0.25, -0.2) is 0 Å². The fourth-order valence-corrected chi connectivity index (χ4v) is 6.36. The summed E-state index contributed by atoms with van der Waals surface area (Å²) in [6, 6.07) is 13.6. The quantitative estimate of drug-likeness (QED) is 0.110. The second kappa shape index (κ2) is 14.5. The molecule has 4 nitrogen and oxygen atoms in total. The van der Waals surface area contributed by atoms with Crippen LogP contribution < -0.4 is 0 Å². The smallest absolute Gasteiger partial charge is 0.162 e. The summed E-state index contributed by atoms with van der Waals surface area (Å²) in [4.78, 5) is 20.7. The molecule has 1 N–H and O–H groups in total. The summed E-state index contributed by atoms with van der Waals surface area (Å²) in [5, 5.41) is 14.1. The number of fused-ring (bicyclic) bond motifs is 4. The van der Waals surface area contributed by atoms with E-state index < -0.39 is 11.8 Å². The van der Waals surface area contributed by atoms with Gasteiger partial charge in [0.25, 0.3) is 0 Å². The van der Waals surface area contributed by atoms with Crippen LogP contribution in [0.1, 0.15) is 107 Å². The normalized spacial score (nSPS) is 14.8. The topological polar surface area (TPSA) is 63.1 Å². The van der Waals surface area contributed by atoms with Crippen LogP contribution in [0.3, 0.4) is 0 Å². The van der Waals surface area contributed by atoms with E-state index in [1.54, 1.807) is 0 Å². The second-order valence-electron chi connectivity index (χ2n) is 13.3. The molecule has 0 fully saturated rings. The third kappa shape index (κ3) is 7.32. The number of carbonyl (C=O) groups excluding carboxylic acids is 1. The first kappa shape index (κ1) is 32.5. The van der Waals surface area contributed by atoms with Crippen LogP contribution in [-0.4, -0.2) is 20.9 Å². The van der Waals surface area contributed by atoms with Crippen LogP contribution >= 0.6 is 0 Å². The summed E-state index contributed by atoms with van der Waals surface area (Å²) in [5.41, 5.74) is 4.13. The molecular formula is C39H49IrN2O2-. The van der Waals surface area contributed by atoms with Crippen LogP contribution in [0.5, 0.6) is 0 Å².